The second-order valence-corrected chi connectivity index (χ2v) is 10.6. The van der Waals surface area contributed by atoms with Gasteiger partial charge in [0.25, 0.3) is 0 Å². The fourth-order valence-electron chi connectivity index (χ4n) is 4.22. The Morgan fingerprint density at radius 3 is 2.27 bits per heavy atom. The molecule has 2 amide bonds. The van der Waals surface area contributed by atoms with Crippen LogP contribution in [0.3, 0.4) is 0 Å². The van der Waals surface area contributed by atoms with E-state index in [0.29, 0.717) is 30.4 Å². The summed E-state index contributed by atoms with van der Waals surface area (Å²) in [7, 11) is -1.96. The average Bonchev–Trinajstić information content (AvgIpc) is 3.21. The molecule has 1 atom stereocenters. The fraction of sp³-hybridized carbons (Fsp3) is 0.417. The van der Waals surface area contributed by atoms with Crippen molar-refractivity contribution in [3.05, 3.63) is 48.5 Å². The first-order chi connectivity index (χ1) is 15.8. The lowest BCUT2D eigenvalue weighted by Gasteiger charge is -2.29. The van der Waals surface area contributed by atoms with Gasteiger partial charge in [0.1, 0.15) is 5.75 Å². The third kappa shape index (κ3) is 5.04. The van der Waals surface area contributed by atoms with Gasteiger partial charge in [-0.1, -0.05) is 6.92 Å². The molecule has 1 N–H and O–H groups in total. The van der Waals surface area contributed by atoms with Gasteiger partial charge in [0.2, 0.25) is 21.8 Å². The summed E-state index contributed by atoms with van der Waals surface area (Å²) in [5, 5.41) is 2.81. The summed E-state index contributed by atoms with van der Waals surface area (Å²) in [4.78, 5) is 27.0. The van der Waals surface area contributed by atoms with Crippen molar-refractivity contribution in [2.75, 3.05) is 37.0 Å². The summed E-state index contributed by atoms with van der Waals surface area (Å²) >= 11 is 0. The minimum Gasteiger partial charge on any atom is -0.497 e. The van der Waals surface area contributed by atoms with Crippen molar-refractivity contribution < 1.29 is 22.7 Å². The number of anilines is 2. The first kappa shape index (κ1) is 23.3. The molecule has 176 valence electrons. The number of nitrogens with zero attached hydrogens (tertiary/aromatic N) is 2. The van der Waals surface area contributed by atoms with E-state index in [-0.39, 0.29) is 29.7 Å². The molecule has 0 unspecified atom stereocenters. The summed E-state index contributed by atoms with van der Waals surface area (Å²) in [6, 6.07) is 13.4. The molecule has 0 aromatic heterocycles. The number of ether oxygens (including phenoxy) is 1. The van der Waals surface area contributed by atoms with Crippen LogP contribution in [0.5, 0.6) is 5.75 Å². The Morgan fingerprint density at radius 2 is 1.67 bits per heavy atom. The molecular weight excluding hydrogens is 442 g/mol. The Bertz CT molecular complexity index is 1110. The zero-order valence-corrected chi connectivity index (χ0v) is 19.7. The monoisotopic (exact) mass is 471 g/mol. The highest BCUT2D eigenvalue weighted by Gasteiger charge is 2.35. The van der Waals surface area contributed by atoms with Gasteiger partial charge in [-0.3, -0.25) is 9.59 Å². The van der Waals surface area contributed by atoms with Crippen molar-refractivity contribution in [1.29, 1.82) is 0 Å². The quantitative estimate of drug-likeness (QED) is 0.698. The topological polar surface area (TPSA) is 96.0 Å². The number of benzene rings is 2. The number of amides is 2. The molecule has 0 bridgehead atoms. The summed E-state index contributed by atoms with van der Waals surface area (Å²) < 4.78 is 32.4. The van der Waals surface area contributed by atoms with Crippen LogP contribution < -0.4 is 15.0 Å². The molecule has 0 radical (unpaired) electrons. The van der Waals surface area contributed by atoms with Crippen LogP contribution in [0, 0.1) is 11.8 Å². The second-order valence-electron chi connectivity index (χ2n) is 8.70. The van der Waals surface area contributed by atoms with Crippen LogP contribution in [0.1, 0.15) is 26.2 Å². The Kier molecular flexibility index (Phi) is 6.71. The number of nitrogens with one attached hydrogen (secondary N) is 1. The lowest BCUT2D eigenvalue weighted by molar-refractivity contribution is -0.122. The van der Waals surface area contributed by atoms with Gasteiger partial charge in [0.05, 0.1) is 17.9 Å². The number of rotatable bonds is 6. The number of piperidine rings is 1. The molecule has 2 saturated heterocycles. The Hall–Kier alpha value is -2.91. The van der Waals surface area contributed by atoms with Crippen molar-refractivity contribution in [3.63, 3.8) is 0 Å². The predicted molar refractivity (Wildman–Crippen MR) is 126 cm³/mol. The van der Waals surface area contributed by atoms with E-state index in [4.69, 9.17) is 4.74 Å². The van der Waals surface area contributed by atoms with Gasteiger partial charge in [-0.15, -0.1) is 0 Å². The molecule has 0 aliphatic carbocycles. The van der Waals surface area contributed by atoms with E-state index >= 15 is 0 Å². The Balaban J connectivity index is 1.38. The highest BCUT2D eigenvalue weighted by atomic mass is 32.2. The SMILES string of the molecule is COc1ccc(N2C[C@@H](C(=O)Nc3ccc(S(=O)(=O)N4CCC(C)CC4)cc3)CC2=O)cc1. The van der Waals surface area contributed by atoms with Crippen LogP contribution in [0.25, 0.3) is 0 Å². The molecule has 2 aliphatic rings. The number of carbonyl (C=O) groups excluding carboxylic acids is 2. The van der Waals surface area contributed by atoms with Crippen molar-refractivity contribution in [1.82, 2.24) is 4.31 Å². The Labute approximate surface area is 194 Å². The minimum atomic E-state index is -3.54. The molecule has 8 nitrogen and oxygen atoms in total. The van der Waals surface area contributed by atoms with Gasteiger partial charge in [0, 0.05) is 37.4 Å². The highest BCUT2D eigenvalue weighted by molar-refractivity contribution is 7.89. The molecule has 2 aromatic rings. The third-order valence-corrected chi connectivity index (χ3v) is 8.30. The van der Waals surface area contributed by atoms with Crippen LogP contribution in [-0.4, -0.2) is 51.3 Å². The second kappa shape index (κ2) is 9.52. The molecule has 0 spiro atoms. The van der Waals surface area contributed by atoms with E-state index in [1.807, 2.05) is 0 Å². The van der Waals surface area contributed by atoms with E-state index < -0.39 is 15.9 Å². The van der Waals surface area contributed by atoms with E-state index in [0.717, 1.165) is 18.5 Å². The van der Waals surface area contributed by atoms with Gasteiger partial charge >= 0.3 is 0 Å². The summed E-state index contributed by atoms with van der Waals surface area (Å²) in [5.41, 5.74) is 1.22. The Morgan fingerprint density at radius 1 is 1.03 bits per heavy atom. The normalized spacial score (nSPS) is 20.1. The molecule has 2 aliphatic heterocycles. The van der Waals surface area contributed by atoms with Gasteiger partial charge < -0.3 is 15.0 Å². The zero-order chi connectivity index (χ0) is 23.6. The molecular formula is C24H29N3O5S. The van der Waals surface area contributed by atoms with Crippen molar-refractivity contribution >= 4 is 33.2 Å². The molecule has 33 heavy (non-hydrogen) atoms. The van der Waals surface area contributed by atoms with Crippen molar-refractivity contribution in [2.45, 2.75) is 31.1 Å². The van der Waals surface area contributed by atoms with E-state index in [9.17, 15) is 18.0 Å². The molecule has 2 aromatic carbocycles. The van der Waals surface area contributed by atoms with Crippen LogP contribution in [0.2, 0.25) is 0 Å². The standard InChI is InChI=1S/C24H29N3O5S/c1-17-11-13-26(14-12-17)33(30,31)22-9-3-19(4-10-22)25-24(29)18-15-23(28)27(16-18)20-5-7-21(32-2)8-6-20/h3-10,17-18H,11-16H2,1-2H3,(H,25,29)/t18-/m0/s1. The van der Waals surface area contributed by atoms with Crippen LogP contribution >= 0.6 is 0 Å². The smallest absolute Gasteiger partial charge is 0.243 e. The zero-order valence-electron chi connectivity index (χ0n) is 18.9. The predicted octanol–water partition coefficient (Wildman–Crippen LogP) is 3.11. The maximum Gasteiger partial charge on any atom is 0.243 e. The summed E-state index contributed by atoms with van der Waals surface area (Å²) in [6.07, 6.45) is 1.85. The lowest BCUT2D eigenvalue weighted by atomic mass is 10.0. The number of carbonyl (C=O) groups is 2. The third-order valence-electron chi connectivity index (χ3n) is 6.38. The molecule has 2 fully saturated rings. The summed E-state index contributed by atoms with van der Waals surface area (Å²) in [6.45, 7) is 3.48. The highest BCUT2D eigenvalue weighted by Crippen LogP contribution is 2.28. The number of hydrogen-bond donors (Lipinski definition) is 1. The fourth-order valence-corrected chi connectivity index (χ4v) is 5.69. The maximum atomic E-state index is 12.9. The molecule has 4 rings (SSSR count). The number of sulfonamides is 1. The first-order valence-corrected chi connectivity index (χ1v) is 12.6. The average molecular weight is 472 g/mol. The van der Waals surface area contributed by atoms with Gasteiger partial charge in [-0.2, -0.15) is 4.31 Å². The van der Waals surface area contributed by atoms with Crippen molar-refractivity contribution in [3.8, 4) is 5.75 Å². The molecule has 9 heteroatoms. The van der Waals surface area contributed by atoms with E-state index in [1.54, 1.807) is 48.4 Å². The number of methoxy groups -OCH3 is 1. The van der Waals surface area contributed by atoms with E-state index in [2.05, 4.69) is 12.2 Å². The summed E-state index contributed by atoms with van der Waals surface area (Å²) in [5.74, 6) is 0.369. The van der Waals surface area contributed by atoms with Crippen LogP contribution in [0.15, 0.2) is 53.4 Å². The van der Waals surface area contributed by atoms with Crippen LogP contribution in [-0.2, 0) is 19.6 Å². The maximum absolute atomic E-state index is 12.9. The largest absolute Gasteiger partial charge is 0.497 e. The van der Waals surface area contributed by atoms with Gasteiger partial charge in [0.15, 0.2) is 0 Å². The number of hydrogen-bond acceptors (Lipinski definition) is 5. The van der Waals surface area contributed by atoms with Crippen molar-refractivity contribution in [2.24, 2.45) is 11.8 Å². The minimum absolute atomic E-state index is 0.113. The van der Waals surface area contributed by atoms with Gasteiger partial charge in [-0.05, 0) is 67.3 Å². The molecule has 0 saturated carbocycles. The first-order valence-electron chi connectivity index (χ1n) is 11.1. The van der Waals surface area contributed by atoms with Crippen LogP contribution in [0.4, 0.5) is 11.4 Å². The lowest BCUT2D eigenvalue weighted by Crippen LogP contribution is -2.37. The van der Waals surface area contributed by atoms with Gasteiger partial charge in [-0.25, -0.2) is 8.42 Å². The van der Waals surface area contributed by atoms with E-state index in [1.165, 1.54) is 16.4 Å². The molecule has 2 heterocycles.